The van der Waals surface area contributed by atoms with Gasteiger partial charge in [-0.05, 0) is 18.2 Å². The van der Waals surface area contributed by atoms with Crippen LogP contribution in [0.4, 0.5) is 18.9 Å². The molecule has 0 fully saturated rings. The Hall–Kier alpha value is -1.79. The van der Waals surface area contributed by atoms with Crippen molar-refractivity contribution in [2.24, 2.45) is 0 Å². The highest BCUT2D eigenvalue weighted by Gasteiger charge is 2.31. The van der Waals surface area contributed by atoms with Crippen LogP contribution in [-0.2, 0) is 20.9 Å². The van der Waals surface area contributed by atoms with E-state index in [-0.39, 0.29) is 18.0 Å². The summed E-state index contributed by atoms with van der Waals surface area (Å²) in [5, 5.41) is 8.80. The number of hydrogen-bond donors (Lipinski definition) is 1. The smallest absolute Gasteiger partial charge is 0.384 e. The third-order valence-electron chi connectivity index (χ3n) is 2.29. The molecule has 0 atom stereocenters. The maximum absolute atomic E-state index is 12.5. The minimum absolute atomic E-state index is 0.0716. The van der Waals surface area contributed by atoms with Crippen molar-refractivity contribution in [1.29, 1.82) is 5.26 Å². The van der Waals surface area contributed by atoms with Gasteiger partial charge in [-0.1, -0.05) is 0 Å². The summed E-state index contributed by atoms with van der Waals surface area (Å²) in [6.07, 6.45) is -4.60. The van der Waals surface area contributed by atoms with Crippen LogP contribution in [0.3, 0.4) is 0 Å². The lowest BCUT2D eigenvalue weighted by atomic mass is 10.1. The van der Waals surface area contributed by atoms with Crippen molar-refractivity contribution >= 4 is 15.7 Å². The number of ether oxygens (including phenoxy) is 1. The van der Waals surface area contributed by atoms with Crippen molar-refractivity contribution in [2.75, 3.05) is 24.2 Å². The fourth-order valence-electron chi connectivity index (χ4n) is 1.31. The van der Waals surface area contributed by atoms with E-state index in [1.54, 1.807) is 0 Å². The van der Waals surface area contributed by atoms with Crippen LogP contribution >= 0.6 is 0 Å². The Kier molecular flexibility index (Phi) is 4.97. The highest BCUT2D eigenvalue weighted by Crippen LogP contribution is 2.31. The van der Waals surface area contributed by atoms with Gasteiger partial charge in [0, 0.05) is 7.11 Å². The summed E-state index contributed by atoms with van der Waals surface area (Å²) in [6.45, 7) is -0.0716. The zero-order chi connectivity index (χ0) is 15.4. The fourth-order valence-corrected chi connectivity index (χ4v) is 2.31. The largest absolute Gasteiger partial charge is 0.416 e. The zero-order valence-corrected chi connectivity index (χ0v) is 11.2. The molecule has 0 aliphatic rings. The molecule has 0 saturated heterocycles. The van der Waals surface area contributed by atoms with E-state index in [1.807, 2.05) is 0 Å². The lowest BCUT2D eigenvalue weighted by Gasteiger charge is -2.11. The topological polar surface area (TPSA) is 79.2 Å². The molecule has 1 N–H and O–H groups in total. The minimum Gasteiger partial charge on any atom is -0.384 e. The summed E-state index contributed by atoms with van der Waals surface area (Å²) < 4.78 is 67.3. The first kappa shape index (κ1) is 16.3. The van der Waals surface area contributed by atoms with Crippen LogP contribution in [0.5, 0.6) is 0 Å². The van der Waals surface area contributed by atoms with Crippen molar-refractivity contribution in [3.63, 3.8) is 0 Å². The number of nitrogens with one attached hydrogen (secondary N) is 1. The minimum atomic E-state index is -4.60. The predicted octanol–water partition coefficient (Wildman–Crippen LogP) is 1.97. The van der Waals surface area contributed by atoms with E-state index in [0.29, 0.717) is 12.1 Å². The standard InChI is InChI=1S/C11H11F3N2O3S/c1-19-4-5-20(17,18)16-10-3-2-9(11(12,13)14)6-8(10)7-15/h2-3,6,16H,4-5H2,1H3. The molecule has 0 spiro atoms. The second-order valence-electron chi connectivity index (χ2n) is 3.78. The van der Waals surface area contributed by atoms with E-state index in [4.69, 9.17) is 5.26 Å². The number of hydrogen-bond acceptors (Lipinski definition) is 4. The Labute approximate surface area is 114 Å². The van der Waals surface area contributed by atoms with Gasteiger partial charge in [-0.15, -0.1) is 0 Å². The number of nitriles is 1. The Bertz CT molecular complexity index is 621. The van der Waals surface area contributed by atoms with Crippen molar-refractivity contribution in [3.8, 4) is 6.07 Å². The second-order valence-corrected chi connectivity index (χ2v) is 5.63. The summed E-state index contributed by atoms with van der Waals surface area (Å²) in [4.78, 5) is 0. The van der Waals surface area contributed by atoms with Crippen molar-refractivity contribution in [2.45, 2.75) is 6.18 Å². The Morgan fingerprint density at radius 1 is 1.40 bits per heavy atom. The molecule has 0 saturated carbocycles. The molecule has 1 aromatic rings. The third kappa shape index (κ3) is 4.40. The Morgan fingerprint density at radius 2 is 2.05 bits per heavy atom. The zero-order valence-electron chi connectivity index (χ0n) is 10.4. The van der Waals surface area contributed by atoms with Gasteiger partial charge in [0.1, 0.15) is 6.07 Å². The number of benzene rings is 1. The molecule has 0 amide bonds. The van der Waals surface area contributed by atoms with E-state index < -0.39 is 27.3 Å². The molecule has 20 heavy (non-hydrogen) atoms. The normalized spacial score (nSPS) is 11.9. The molecule has 0 radical (unpaired) electrons. The van der Waals surface area contributed by atoms with Gasteiger partial charge in [-0.25, -0.2) is 8.42 Å². The molecule has 1 aromatic carbocycles. The molecule has 0 aliphatic carbocycles. The summed E-state index contributed by atoms with van der Waals surface area (Å²) in [5.74, 6) is -0.366. The molecule has 110 valence electrons. The first-order chi connectivity index (χ1) is 9.19. The second kappa shape index (κ2) is 6.11. The first-order valence-corrected chi connectivity index (χ1v) is 6.95. The maximum Gasteiger partial charge on any atom is 0.416 e. The van der Waals surface area contributed by atoms with Crippen molar-refractivity contribution < 1.29 is 26.3 Å². The molecule has 0 aromatic heterocycles. The molecular formula is C11H11F3N2O3S. The summed E-state index contributed by atoms with van der Waals surface area (Å²) in [7, 11) is -2.47. The van der Waals surface area contributed by atoms with Gasteiger partial charge in [0.2, 0.25) is 10.0 Å². The molecule has 9 heteroatoms. The molecule has 0 aliphatic heterocycles. The highest BCUT2D eigenvalue weighted by molar-refractivity contribution is 7.92. The SMILES string of the molecule is COCCS(=O)(=O)Nc1ccc(C(F)(F)F)cc1C#N. The molecular weight excluding hydrogens is 297 g/mol. The quantitative estimate of drug-likeness (QED) is 0.902. The van der Waals surface area contributed by atoms with Crippen molar-refractivity contribution in [3.05, 3.63) is 29.3 Å². The molecule has 0 heterocycles. The molecule has 1 rings (SSSR count). The monoisotopic (exact) mass is 308 g/mol. The third-order valence-corrected chi connectivity index (χ3v) is 3.52. The Morgan fingerprint density at radius 3 is 2.55 bits per heavy atom. The van der Waals surface area contributed by atoms with E-state index in [0.717, 1.165) is 6.07 Å². The van der Waals surface area contributed by atoms with Gasteiger partial charge in [-0.2, -0.15) is 18.4 Å². The number of alkyl halides is 3. The lowest BCUT2D eigenvalue weighted by Crippen LogP contribution is -2.20. The first-order valence-electron chi connectivity index (χ1n) is 5.30. The Balaban J connectivity index is 3.07. The summed E-state index contributed by atoms with van der Waals surface area (Å²) >= 11 is 0. The van der Waals surface area contributed by atoms with Crippen LogP contribution in [0.1, 0.15) is 11.1 Å². The average molecular weight is 308 g/mol. The average Bonchev–Trinajstić information content (AvgIpc) is 2.35. The van der Waals surface area contributed by atoms with Crippen LogP contribution in [0.2, 0.25) is 0 Å². The number of nitrogens with zero attached hydrogens (tertiary/aromatic N) is 1. The predicted molar refractivity (Wildman–Crippen MR) is 65.4 cm³/mol. The van der Waals surface area contributed by atoms with Gasteiger partial charge in [0.25, 0.3) is 0 Å². The number of methoxy groups -OCH3 is 1. The van der Waals surface area contributed by atoms with E-state index in [9.17, 15) is 21.6 Å². The maximum atomic E-state index is 12.5. The van der Waals surface area contributed by atoms with Gasteiger partial charge in [-0.3, -0.25) is 4.72 Å². The highest BCUT2D eigenvalue weighted by atomic mass is 32.2. The lowest BCUT2D eigenvalue weighted by molar-refractivity contribution is -0.137. The fraction of sp³-hybridized carbons (Fsp3) is 0.364. The van der Waals surface area contributed by atoms with E-state index >= 15 is 0 Å². The van der Waals surface area contributed by atoms with Crippen LogP contribution in [0, 0.1) is 11.3 Å². The van der Waals surface area contributed by atoms with Gasteiger partial charge >= 0.3 is 6.18 Å². The van der Waals surface area contributed by atoms with Crippen LogP contribution in [-0.4, -0.2) is 27.9 Å². The van der Waals surface area contributed by atoms with Crippen LogP contribution in [0.25, 0.3) is 0 Å². The van der Waals surface area contributed by atoms with Crippen LogP contribution in [0.15, 0.2) is 18.2 Å². The molecule has 0 bridgehead atoms. The van der Waals surface area contributed by atoms with E-state index in [2.05, 4.69) is 9.46 Å². The summed E-state index contributed by atoms with van der Waals surface area (Å²) in [5.41, 5.74) is -1.62. The number of anilines is 1. The van der Waals surface area contributed by atoms with Crippen molar-refractivity contribution in [1.82, 2.24) is 0 Å². The molecule has 5 nitrogen and oxygen atoms in total. The number of halogens is 3. The summed E-state index contributed by atoms with van der Waals surface area (Å²) in [6, 6.07) is 3.73. The van der Waals surface area contributed by atoms with E-state index in [1.165, 1.54) is 13.2 Å². The molecule has 0 unspecified atom stereocenters. The van der Waals surface area contributed by atoms with Crippen LogP contribution < -0.4 is 4.72 Å². The van der Waals surface area contributed by atoms with Gasteiger partial charge in [0.15, 0.2) is 0 Å². The number of sulfonamides is 1. The number of rotatable bonds is 5. The van der Waals surface area contributed by atoms with Gasteiger partial charge < -0.3 is 4.74 Å². The van der Waals surface area contributed by atoms with Gasteiger partial charge in [0.05, 0.1) is 29.2 Å².